The lowest BCUT2D eigenvalue weighted by atomic mass is 9.81. The minimum Gasteiger partial charge on any atom is -0.487 e. The van der Waals surface area contributed by atoms with Gasteiger partial charge < -0.3 is 9.47 Å². The summed E-state index contributed by atoms with van der Waals surface area (Å²) in [5.74, 6) is -1.62. The average Bonchev–Trinajstić information content (AvgIpc) is 3.24. The van der Waals surface area contributed by atoms with Crippen molar-refractivity contribution in [3.8, 4) is 11.5 Å². The Hall–Kier alpha value is -6.68. The lowest BCUT2D eigenvalue weighted by Crippen LogP contribution is -2.43. The number of hydrogen-bond donors (Lipinski definition) is 0. The molecule has 0 saturated carbocycles. The molecule has 0 aliphatic carbocycles. The molecule has 0 spiro atoms. The molecule has 0 saturated heterocycles. The lowest BCUT2D eigenvalue weighted by molar-refractivity contribution is 0.0871. The van der Waals surface area contributed by atoms with Crippen LogP contribution in [-0.2, 0) is 24.0 Å². The average molecular weight is 773 g/mol. The number of anilines is 2. The number of hydrogen-bond acceptors (Lipinski definition) is 8. The number of carbonyl (C=O) groups is 4. The molecule has 6 aromatic rings. The van der Waals surface area contributed by atoms with Gasteiger partial charge >= 0.3 is 0 Å². The SMILES string of the molecule is CCC(C)(C)c1ccc(OCc2cccnc2)c(N2C(=O)c3ccc4c5c(ccc(c35)C2=O)C(=O)N(c2cc(C(C)(C)CC)ccc2OCc2cccnc2)C4=O)c1. The predicted molar refractivity (Wildman–Crippen MR) is 223 cm³/mol. The number of ether oxygens (including phenoxy) is 2. The largest absolute Gasteiger partial charge is 0.487 e. The zero-order chi connectivity index (χ0) is 40.9. The van der Waals surface area contributed by atoms with E-state index in [9.17, 15) is 19.2 Å². The van der Waals surface area contributed by atoms with Crippen LogP contribution in [0.15, 0.2) is 110 Å². The third kappa shape index (κ3) is 6.48. The molecule has 4 aromatic carbocycles. The molecule has 4 heterocycles. The van der Waals surface area contributed by atoms with Gasteiger partial charge in [0.05, 0.1) is 11.4 Å². The number of rotatable bonds is 12. The van der Waals surface area contributed by atoms with Crippen molar-refractivity contribution in [3.63, 3.8) is 0 Å². The van der Waals surface area contributed by atoms with Gasteiger partial charge in [-0.25, -0.2) is 9.80 Å². The van der Waals surface area contributed by atoms with Gasteiger partial charge in [-0.15, -0.1) is 0 Å². The molecule has 0 fully saturated rings. The van der Waals surface area contributed by atoms with E-state index in [0.717, 1.165) is 44.9 Å². The second-order valence-electron chi connectivity index (χ2n) is 16.1. The first-order valence-electron chi connectivity index (χ1n) is 19.5. The summed E-state index contributed by atoms with van der Waals surface area (Å²) in [6.45, 7) is 12.9. The maximum absolute atomic E-state index is 14.7. The molecule has 0 unspecified atom stereocenters. The highest BCUT2D eigenvalue weighted by molar-refractivity contribution is 6.42. The minimum absolute atomic E-state index is 0.169. The quantitative estimate of drug-likeness (QED) is 0.113. The van der Waals surface area contributed by atoms with Crippen molar-refractivity contribution in [1.29, 1.82) is 0 Å². The normalized spacial score (nSPS) is 14.0. The number of imide groups is 2. The second kappa shape index (κ2) is 14.7. The van der Waals surface area contributed by atoms with E-state index in [0.29, 0.717) is 22.9 Å². The van der Waals surface area contributed by atoms with Crippen LogP contribution in [0.1, 0.15) is 118 Å². The van der Waals surface area contributed by atoms with E-state index in [1.807, 2.05) is 48.5 Å². The Balaban J connectivity index is 1.22. The Morgan fingerprint density at radius 3 is 1.19 bits per heavy atom. The van der Waals surface area contributed by atoms with E-state index in [1.54, 1.807) is 61.2 Å². The summed E-state index contributed by atoms with van der Waals surface area (Å²) in [5.41, 5.74) is 4.41. The first-order chi connectivity index (χ1) is 27.8. The third-order valence-corrected chi connectivity index (χ3v) is 11.9. The highest BCUT2D eigenvalue weighted by Gasteiger charge is 2.42. The fourth-order valence-electron chi connectivity index (χ4n) is 7.48. The molecule has 58 heavy (non-hydrogen) atoms. The summed E-state index contributed by atoms with van der Waals surface area (Å²) < 4.78 is 12.6. The van der Waals surface area contributed by atoms with Crippen molar-refractivity contribution in [2.75, 3.05) is 9.80 Å². The molecule has 0 radical (unpaired) electrons. The molecule has 8 rings (SSSR count). The summed E-state index contributed by atoms with van der Waals surface area (Å²) in [7, 11) is 0. The number of carbonyl (C=O) groups excluding carboxylic acids is 4. The van der Waals surface area contributed by atoms with Crippen molar-refractivity contribution in [1.82, 2.24) is 9.97 Å². The van der Waals surface area contributed by atoms with Gasteiger partial charge in [-0.2, -0.15) is 0 Å². The Bertz CT molecular complexity index is 2380. The van der Waals surface area contributed by atoms with E-state index in [4.69, 9.17) is 9.47 Å². The van der Waals surface area contributed by atoms with Crippen LogP contribution in [0.2, 0.25) is 0 Å². The number of amides is 4. The molecule has 0 atom stereocenters. The van der Waals surface area contributed by atoms with Crippen molar-refractivity contribution in [2.24, 2.45) is 0 Å². The van der Waals surface area contributed by atoms with E-state index in [2.05, 4.69) is 51.5 Å². The molecule has 2 aromatic heterocycles. The number of pyridine rings is 2. The number of aromatic nitrogens is 2. The predicted octanol–water partition coefficient (Wildman–Crippen LogP) is 9.76. The first-order valence-corrected chi connectivity index (χ1v) is 19.5. The minimum atomic E-state index is -0.582. The topological polar surface area (TPSA) is 119 Å². The van der Waals surface area contributed by atoms with Crippen molar-refractivity contribution >= 4 is 45.8 Å². The molecule has 10 nitrogen and oxygen atoms in total. The monoisotopic (exact) mass is 772 g/mol. The zero-order valence-electron chi connectivity index (χ0n) is 33.5. The van der Waals surface area contributed by atoms with E-state index < -0.39 is 23.6 Å². The molecule has 0 bridgehead atoms. The van der Waals surface area contributed by atoms with Gasteiger partial charge in [0, 0.05) is 68.9 Å². The van der Waals surface area contributed by atoms with Gasteiger partial charge in [0.1, 0.15) is 24.7 Å². The van der Waals surface area contributed by atoms with Gasteiger partial charge in [0.25, 0.3) is 23.6 Å². The zero-order valence-corrected chi connectivity index (χ0v) is 33.5. The Morgan fingerprint density at radius 2 is 0.879 bits per heavy atom. The first kappa shape index (κ1) is 38.2. The highest BCUT2D eigenvalue weighted by Crippen LogP contribution is 2.45. The molecule has 2 aliphatic heterocycles. The van der Waals surface area contributed by atoms with E-state index in [-0.39, 0.29) is 57.1 Å². The second-order valence-corrected chi connectivity index (χ2v) is 16.1. The summed E-state index contributed by atoms with van der Waals surface area (Å²) in [4.78, 5) is 69.4. The van der Waals surface area contributed by atoms with Gasteiger partial charge in [0.2, 0.25) is 0 Å². The molecular formula is C48H44N4O6. The molecule has 0 N–H and O–H groups in total. The summed E-state index contributed by atoms with van der Waals surface area (Å²) in [5, 5.41) is 0.554. The smallest absolute Gasteiger partial charge is 0.266 e. The summed E-state index contributed by atoms with van der Waals surface area (Å²) >= 11 is 0. The van der Waals surface area contributed by atoms with E-state index in [1.165, 1.54) is 0 Å². The molecule has 292 valence electrons. The van der Waals surface area contributed by atoms with Crippen LogP contribution in [-0.4, -0.2) is 33.6 Å². The van der Waals surface area contributed by atoms with E-state index >= 15 is 0 Å². The Morgan fingerprint density at radius 1 is 0.517 bits per heavy atom. The van der Waals surface area contributed by atoms with Crippen LogP contribution in [0.5, 0.6) is 11.5 Å². The third-order valence-electron chi connectivity index (χ3n) is 11.9. The number of nitrogens with zero attached hydrogens (tertiary/aromatic N) is 4. The molecular weight excluding hydrogens is 729 g/mol. The fraction of sp³-hybridized carbons (Fsp3) is 0.250. The number of benzene rings is 4. The van der Waals surface area contributed by atoms with Crippen LogP contribution >= 0.6 is 0 Å². The summed E-state index contributed by atoms with van der Waals surface area (Å²) in [6.07, 6.45) is 8.38. The van der Waals surface area contributed by atoms with Gasteiger partial charge in [-0.1, -0.05) is 65.8 Å². The Kier molecular flexibility index (Phi) is 9.67. The van der Waals surface area contributed by atoms with Crippen molar-refractivity contribution < 1.29 is 28.7 Å². The van der Waals surface area contributed by atoms with Crippen LogP contribution in [0.4, 0.5) is 11.4 Å². The molecule has 4 amide bonds. The maximum Gasteiger partial charge on any atom is 0.266 e. The van der Waals surface area contributed by atoms with Gasteiger partial charge in [-0.3, -0.25) is 29.1 Å². The molecule has 2 aliphatic rings. The van der Waals surface area contributed by atoms with Gasteiger partial charge in [-0.05, 0) is 95.5 Å². The van der Waals surface area contributed by atoms with Gasteiger partial charge in [0.15, 0.2) is 0 Å². The fourth-order valence-corrected chi connectivity index (χ4v) is 7.48. The maximum atomic E-state index is 14.7. The standard InChI is InChI=1S/C48H44N4O6/c1-7-47(3,4)31-13-19-39(57-27-29-11-9-21-49-25-29)37(23-31)51-43(53)33-15-17-35-42-36(18-16-34(41(33)42)44(51)54)46(56)52(45(35)55)38-24-32(48(5,6)8-2)14-20-40(38)58-28-30-12-10-22-50-26-30/h9-26H,7-8,27-28H2,1-6H3. The van der Waals surface area contributed by atoms with Crippen molar-refractivity contribution in [2.45, 2.75) is 78.4 Å². The molecule has 10 heteroatoms. The van der Waals surface area contributed by atoms with Crippen molar-refractivity contribution in [3.05, 3.63) is 154 Å². The van der Waals surface area contributed by atoms with Crippen LogP contribution in [0.3, 0.4) is 0 Å². The lowest BCUT2D eigenvalue weighted by Gasteiger charge is -2.34. The highest BCUT2D eigenvalue weighted by atomic mass is 16.5. The van der Waals surface area contributed by atoms with Crippen LogP contribution < -0.4 is 19.3 Å². The van der Waals surface area contributed by atoms with Crippen LogP contribution in [0.25, 0.3) is 10.8 Å². The summed E-state index contributed by atoms with van der Waals surface area (Å²) in [6, 6.07) is 24.9. The van der Waals surface area contributed by atoms with Crippen LogP contribution in [0, 0.1) is 0 Å². The Labute approximate surface area is 337 Å².